The van der Waals surface area contributed by atoms with Crippen LogP contribution in [0.3, 0.4) is 0 Å². The Balaban J connectivity index is 1.54. The molecule has 1 amide bonds. The van der Waals surface area contributed by atoms with E-state index in [4.69, 9.17) is 21.1 Å². The number of carbonyl (C=O) groups is 1. The molecule has 0 unspecified atom stereocenters. The Kier molecular flexibility index (Phi) is 5.65. The van der Waals surface area contributed by atoms with Gasteiger partial charge in [-0.3, -0.25) is 4.79 Å². The van der Waals surface area contributed by atoms with Gasteiger partial charge in [0.2, 0.25) is 0 Å². The lowest BCUT2D eigenvalue weighted by atomic mass is 10.1. The van der Waals surface area contributed by atoms with E-state index in [9.17, 15) is 18.0 Å². The SMILES string of the molecule is O=C(NCCc1cc(Cl)c2c(c1)OCCO2)c1ccc(OC(F)(F)F)cc1. The summed E-state index contributed by atoms with van der Waals surface area (Å²) in [4.78, 5) is 12.1. The summed E-state index contributed by atoms with van der Waals surface area (Å²) in [5, 5.41) is 3.14. The third kappa shape index (κ3) is 5.19. The van der Waals surface area contributed by atoms with E-state index in [0.29, 0.717) is 42.7 Å². The van der Waals surface area contributed by atoms with Crippen LogP contribution in [0.2, 0.25) is 5.02 Å². The zero-order valence-electron chi connectivity index (χ0n) is 13.9. The maximum atomic E-state index is 12.1. The Labute approximate surface area is 158 Å². The Bertz CT molecular complexity index is 825. The molecule has 0 spiro atoms. The van der Waals surface area contributed by atoms with E-state index < -0.39 is 12.3 Å². The number of halogens is 4. The first kappa shape index (κ1) is 19.2. The Morgan fingerprint density at radius 2 is 1.85 bits per heavy atom. The first-order valence-electron chi connectivity index (χ1n) is 8.04. The Morgan fingerprint density at radius 1 is 1.15 bits per heavy atom. The zero-order valence-corrected chi connectivity index (χ0v) is 14.7. The molecule has 1 aliphatic rings. The van der Waals surface area contributed by atoms with Crippen LogP contribution in [0, 0.1) is 0 Å². The van der Waals surface area contributed by atoms with Gasteiger partial charge in [-0.15, -0.1) is 13.2 Å². The molecule has 0 atom stereocenters. The number of amides is 1. The van der Waals surface area contributed by atoms with E-state index in [-0.39, 0.29) is 11.3 Å². The highest BCUT2D eigenvalue weighted by molar-refractivity contribution is 6.32. The highest BCUT2D eigenvalue weighted by Crippen LogP contribution is 2.38. The van der Waals surface area contributed by atoms with Gasteiger partial charge in [-0.1, -0.05) is 11.6 Å². The summed E-state index contributed by atoms with van der Waals surface area (Å²) in [6, 6.07) is 8.24. The van der Waals surface area contributed by atoms with Crippen molar-refractivity contribution in [3.63, 3.8) is 0 Å². The van der Waals surface area contributed by atoms with E-state index in [1.807, 2.05) is 0 Å². The molecule has 0 aliphatic carbocycles. The normalized spacial score (nSPS) is 13.2. The van der Waals surface area contributed by atoms with Crippen molar-refractivity contribution >= 4 is 17.5 Å². The molecule has 0 fully saturated rings. The molecule has 1 N–H and O–H groups in total. The Hall–Kier alpha value is -2.61. The molecule has 27 heavy (non-hydrogen) atoms. The lowest BCUT2D eigenvalue weighted by Crippen LogP contribution is -2.25. The van der Waals surface area contributed by atoms with Crippen LogP contribution in [0.4, 0.5) is 13.2 Å². The first-order chi connectivity index (χ1) is 12.8. The zero-order chi connectivity index (χ0) is 19.4. The molecular formula is C18H15ClF3NO4. The van der Waals surface area contributed by atoms with Crippen LogP contribution >= 0.6 is 11.6 Å². The third-order valence-corrected chi connectivity index (χ3v) is 3.99. The van der Waals surface area contributed by atoms with E-state index in [1.54, 1.807) is 12.1 Å². The van der Waals surface area contributed by atoms with Crippen molar-refractivity contribution in [1.29, 1.82) is 0 Å². The summed E-state index contributed by atoms with van der Waals surface area (Å²) in [7, 11) is 0. The minimum Gasteiger partial charge on any atom is -0.486 e. The fraction of sp³-hybridized carbons (Fsp3) is 0.278. The number of fused-ring (bicyclic) bond motifs is 1. The van der Waals surface area contributed by atoms with Crippen LogP contribution in [0.5, 0.6) is 17.2 Å². The average Bonchev–Trinajstić information content (AvgIpc) is 2.61. The quantitative estimate of drug-likeness (QED) is 0.823. The van der Waals surface area contributed by atoms with E-state index in [1.165, 1.54) is 12.1 Å². The van der Waals surface area contributed by atoms with E-state index in [2.05, 4.69) is 10.1 Å². The van der Waals surface area contributed by atoms with Crippen molar-refractivity contribution in [2.24, 2.45) is 0 Å². The minimum atomic E-state index is -4.77. The van der Waals surface area contributed by atoms with Gasteiger partial charge >= 0.3 is 6.36 Å². The van der Waals surface area contributed by atoms with Gasteiger partial charge in [0.15, 0.2) is 11.5 Å². The van der Waals surface area contributed by atoms with Crippen LogP contribution < -0.4 is 19.5 Å². The number of hydrogen-bond donors (Lipinski definition) is 1. The molecule has 1 heterocycles. The van der Waals surface area contributed by atoms with Gasteiger partial charge in [-0.25, -0.2) is 0 Å². The molecule has 0 saturated carbocycles. The number of carbonyl (C=O) groups excluding carboxylic acids is 1. The topological polar surface area (TPSA) is 56.8 Å². The van der Waals surface area contributed by atoms with Crippen molar-refractivity contribution in [2.45, 2.75) is 12.8 Å². The molecule has 2 aromatic rings. The molecule has 9 heteroatoms. The average molecular weight is 402 g/mol. The number of rotatable bonds is 5. The molecule has 0 aromatic heterocycles. The van der Waals surface area contributed by atoms with Crippen molar-refractivity contribution in [3.8, 4) is 17.2 Å². The van der Waals surface area contributed by atoms with Crippen molar-refractivity contribution in [3.05, 3.63) is 52.5 Å². The minimum absolute atomic E-state index is 0.227. The molecule has 3 rings (SSSR count). The Morgan fingerprint density at radius 3 is 2.56 bits per heavy atom. The number of nitrogens with one attached hydrogen (secondary N) is 1. The summed E-state index contributed by atoms with van der Waals surface area (Å²) < 4.78 is 51.1. The van der Waals surface area contributed by atoms with Crippen molar-refractivity contribution in [1.82, 2.24) is 5.32 Å². The number of benzene rings is 2. The van der Waals surface area contributed by atoms with Gasteiger partial charge in [0.05, 0.1) is 5.02 Å². The fourth-order valence-corrected chi connectivity index (χ4v) is 2.83. The summed E-state index contributed by atoms with van der Waals surface area (Å²) in [6.45, 7) is 1.20. The molecule has 144 valence electrons. The molecule has 1 aliphatic heterocycles. The summed E-state index contributed by atoms with van der Waals surface area (Å²) in [5.41, 5.74) is 1.09. The van der Waals surface area contributed by atoms with Gasteiger partial charge < -0.3 is 19.5 Å². The maximum absolute atomic E-state index is 12.1. The largest absolute Gasteiger partial charge is 0.573 e. The lowest BCUT2D eigenvalue weighted by Gasteiger charge is -2.20. The summed E-state index contributed by atoms with van der Waals surface area (Å²) in [6.07, 6.45) is -4.27. The monoisotopic (exact) mass is 401 g/mol. The third-order valence-electron chi connectivity index (χ3n) is 3.71. The molecule has 0 bridgehead atoms. The number of ether oxygens (including phenoxy) is 3. The highest BCUT2D eigenvalue weighted by Gasteiger charge is 2.31. The van der Waals surface area contributed by atoms with Gasteiger partial charge in [0, 0.05) is 12.1 Å². The fourth-order valence-electron chi connectivity index (χ4n) is 2.54. The predicted octanol–water partition coefficient (Wildman–Crippen LogP) is 3.98. The molecule has 2 aromatic carbocycles. The first-order valence-corrected chi connectivity index (χ1v) is 8.42. The van der Waals surface area contributed by atoms with Gasteiger partial charge in [-0.2, -0.15) is 0 Å². The van der Waals surface area contributed by atoms with Crippen LogP contribution in [0.25, 0.3) is 0 Å². The molecule has 0 saturated heterocycles. The van der Waals surface area contributed by atoms with Crippen molar-refractivity contribution < 1.29 is 32.2 Å². The van der Waals surface area contributed by atoms with Gasteiger partial charge in [0.1, 0.15) is 19.0 Å². The van der Waals surface area contributed by atoms with Gasteiger partial charge in [-0.05, 0) is 48.4 Å². The molecular weight excluding hydrogens is 387 g/mol. The highest BCUT2D eigenvalue weighted by atomic mass is 35.5. The van der Waals surface area contributed by atoms with Crippen LogP contribution in [0.1, 0.15) is 15.9 Å². The second-order valence-corrected chi connectivity index (χ2v) is 6.09. The molecule has 0 radical (unpaired) electrons. The van der Waals surface area contributed by atoms with Crippen LogP contribution in [0.15, 0.2) is 36.4 Å². The van der Waals surface area contributed by atoms with Crippen LogP contribution in [-0.4, -0.2) is 32.0 Å². The van der Waals surface area contributed by atoms with E-state index in [0.717, 1.165) is 17.7 Å². The summed E-state index contributed by atoms with van der Waals surface area (Å²) >= 11 is 6.16. The van der Waals surface area contributed by atoms with E-state index >= 15 is 0 Å². The standard InChI is InChI=1S/C18H15ClF3NO4/c19-14-9-11(10-15-16(14)26-8-7-25-15)5-6-23-17(24)12-1-3-13(4-2-12)27-18(20,21)22/h1-4,9-10H,5-8H2,(H,23,24). The number of hydrogen-bond acceptors (Lipinski definition) is 4. The van der Waals surface area contributed by atoms with Crippen LogP contribution in [-0.2, 0) is 6.42 Å². The predicted molar refractivity (Wildman–Crippen MR) is 91.6 cm³/mol. The smallest absolute Gasteiger partial charge is 0.486 e. The number of alkyl halides is 3. The maximum Gasteiger partial charge on any atom is 0.573 e. The second-order valence-electron chi connectivity index (χ2n) is 5.68. The second kappa shape index (κ2) is 7.96. The summed E-state index contributed by atoms with van der Waals surface area (Å²) in [5.74, 6) is 0.286. The van der Waals surface area contributed by atoms with Gasteiger partial charge in [0.25, 0.3) is 5.91 Å². The van der Waals surface area contributed by atoms with Crippen molar-refractivity contribution in [2.75, 3.05) is 19.8 Å². The lowest BCUT2D eigenvalue weighted by molar-refractivity contribution is -0.274. The molecule has 5 nitrogen and oxygen atoms in total.